The Morgan fingerprint density at radius 3 is 2.44 bits per heavy atom. The van der Waals surface area contributed by atoms with Gasteiger partial charge in [0.1, 0.15) is 5.75 Å². The Labute approximate surface area is 96.7 Å². The van der Waals surface area contributed by atoms with Gasteiger partial charge >= 0.3 is 0 Å². The van der Waals surface area contributed by atoms with Crippen LogP contribution in [0, 0.1) is 11.3 Å². The molecule has 2 N–H and O–H groups in total. The Kier molecular flexibility index (Phi) is 2.40. The fourth-order valence-electron chi connectivity index (χ4n) is 2.66. The molecule has 0 aromatic heterocycles. The van der Waals surface area contributed by atoms with Crippen molar-refractivity contribution in [3.05, 3.63) is 29.8 Å². The number of benzene rings is 1. The molecule has 0 aliphatic heterocycles. The van der Waals surface area contributed by atoms with Crippen molar-refractivity contribution in [2.45, 2.75) is 32.2 Å². The summed E-state index contributed by atoms with van der Waals surface area (Å²) in [7, 11) is 0. The third kappa shape index (κ3) is 2.07. The zero-order chi connectivity index (χ0) is 11.0. The van der Waals surface area contributed by atoms with E-state index in [0.717, 1.165) is 12.5 Å². The van der Waals surface area contributed by atoms with E-state index in [1.807, 2.05) is 12.1 Å². The molecular weight excluding hydrogens is 198 g/mol. The molecule has 0 bridgehead atoms. The standard InChI is InChI=1S/C14H19NO/c16-13-5-1-11(2-6-13)9-15-10-14(7-8-14)12-3-4-12/h1-2,5-6,12,15-16H,3-4,7-10H2. The van der Waals surface area contributed by atoms with Gasteiger partial charge in [0.2, 0.25) is 0 Å². The first-order chi connectivity index (χ1) is 7.78. The topological polar surface area (TPSA) is 32.3 Å². The number of rotatable bonds is 5. The molecule has 0 saturated heterocycles. The van der Waals surface area contributed by atoms with E-state index in [9.17, 15) is 5.11 Å². The van der Waals surface area contributed by atoms with Crippen LogP contribution in [0.1, 0.15) is 31.2 Å². The van der Waals surface area contributed by atoms with Gasteiger partial charge in [0.05, 0.1) is 0 Å². The fraction of sp³-hybridized carbons (Fsp3) is 0.571. The van der Waals surface area contributed by atoms with Crippen molar-refractivity contribution >= 4 is 0 Å². The van der Waals surface area contributed by atoms with Crippen LogP contribution in [-0.2, 0) is 6.54 Å². The van der Waals surface area contributed by atoms with Crippen LogP contribution in [0.25, 0.3) is 0 Å². The van der Waals surface area contributed by atoms with Crippen molar-refractivity contribution in [3.8, 4) is 5.75 Å². The molecule has 2 fully saturated rings. The molecule has 1 aromatic rings. The average molecular weight is 217 g/mol. The fourth-order valence-corrected chi connectivity index (χ4v) is 2.66. The van der Waals surface area contributed by atoms with E-state index in [2.05, 4.69) is 5.32 Å². The maximum atomic E-state index is 9.18. The first kappa shape index (κ1) is 10.2. The van der Waals surface area contributed by atoms with Crippen molar-refractivity contribution < 1.29 is 5.11 Å². The van der Waals surface area contributed by atoms with Gasteiger partial charge in [0, 0.05) is 13.1 Å². The highest BCUT2D eigenvalue weighted by Gasteiger charge is 2.53. The van der Waals surface area contributed by atoms with Gasteiger partial charge in [-0.2, -0.15) is 0 Å². The Hall–Kier alpha value is -1.02. The third-order valence-corrected chi connectivity index (χ3v) is 4.08. The summed E-state index contributed by atoms with van der Waals surface area (Å²) < 4.78 is 0. The van der Waals surface area contributed by atoms with E-state index >= 15 is 0 Å². The smallest absolute Gasteiger partial charge is 0.115 e. The molecule has 0 radical (unpaired) electrons. The molecule has 3 rings (SSSR count). The first-order valence-corrected chi connectivity index (χ1v) is 6.27. The Morgan fingerprint density at radius 1 is 1.19 bits per heavy atom. The molecule has 2 heteroatoms. The van der Waals surface area contributed by atoms with Gasteiger partial charge in [-0.15, -0.1) is 0 Å². The second kappa shape index (κ2) is 3.77. The maximum Gasteiger partial charge on any atom is 0.115 e. The van der Waals surface area contributed by atoms with Crippen LogP contribution >= 0.6 is 0 Å². The van der Waals surface area contributed by atoms with Gasteiger partial charge in [-0.3, -0.25) is 0 Å². The minimum absolute atomic E-state index is 0.348. The molecule has 0 atom stereocenters. The van der Waals surface area contributed by atoms with E-state index in [4.69, 9.17) is 0 Å². The SMILES string of the molecule is Oc1ccc(CNCC2(C3CC3)CC2)cc1. The molecular formula is C14H19NO. The summed E-state index contributed by atoms with van der Waals surface area (Å²) in [5.74, 6) is 1.38. The van der Waals surface area contributed by atoms with E-state index in [0.29, 0.717) is 11.2 Å². The molecule has 86 valence electrons. The molecule has 2 aliphatic carbocycles. The zero-order valence-corrected chi connectivity index (χ0v) is 9.58. The number of hydrogen-bond donors (Lipinski definition) is 2. The van der Waals surface area contributed by atoms with Crippen LogP contribution in [0.3, 0.4) is 0 Å². The van der Waals surface area contributed by atoms with Crippen LogP contribution < -0.4 is 5.32 Å². The lowest BCUT2D eigenvalue weighted by atomic mass is 10.0. The van der Waals surface area contributed by atoms with Gasteiger partial charge < -0.3 is 10.4 Å². The largest absolute Gasteiger partial charge is 0.508 e. The molecule has 0 unspecified atom stereocenters. The summed E-state index contributed by atoms with van der Waals surface area (Å²) in [5.41, 5.74) is 1.93. The molecule has 2 nitrogen and oxygen atoms in total. The van der Waals surface area contributed by atoms with Crippen LogP contribution in [-0.4, -0.2) is 11.7 Å². The summed E-state index contributed by atoms with van der Waals surface area (Å²) in [6.07, 6.45) is 5.78. The Morgan fingerprint density at radius 2 is 1.88 bits per heavy atom. The number of hydrogen-bond acceptors (Lipinski definition) is 2. The van der Waals surface area contributed by atoms with Crippen molar-refractivity contribution in [2.75, 3.05) is 6.54 Å². The van der Waals surface area contributed by atoms with Crippen LogP contribution in [0.5, 0.6) is 5.75 Å². The molecule has 2 aliphatic rings. The lowest BCUT2D eigenvalue weighted by molar-refractivity contribution is 0.403. The maximum absolute atomic E-state index is 9.18. The lowest BCUT2D eigenvalue weighted by Gasteiger charge is -2.14. The molecule has 0 heterocycles. The van der Waals surface area contributed by atoms with Gasteiger partial charge in [0.15, 0.2) is 0 Å². The number of phenols is 1. The Bertz CT molecular complexity index is 363. The van der Waals surface area contributed by atoms with E-state index < -0.39 is 0 Å². The summed E-state index contributed by atoms with van der Waals surface area (Å²) >= 11 is 0. The van der Waals surface area contributed by atoms with E-state index in [1.54, 1.807) is 12.1 Å². The van der Waals surface area contributed by atoms with Crippen molar-refractivity contribution in [3.63, 3.8) is 0 Å². The summed E-state index contributed by atoms with van der Waals surface area (Å²) in [6.45, 7) is 2.10. The van der Waals surface area contributed by atoms with Crippen LogP contribution in [0.2, 0.25) is 0 Å². The Balaban J connectivity index is 1.48. The van der Waals surface area contributed by atoms with E-state index in [1.165, 1.54) is 37.8 Å². The molecule has 1 aromatic carbocycles. The van der Waals surface area contributed by atoms with Gasteiger partial charge in [0.25, 0.3) is 0 Å². The van der Waals surface area contributed by atoms with Crippen LogP contribution in [0.15, 0.2) is 24.3 Å². The summed E-state index contributed by atoms with van der Waals surface area (Å²) in [5, 5.41) is 12.7. The quantitative estimate of drug-likeness (QED) is 0.794. The third-order valence-electron chi connectivity index (χ3n) is 4.08. The highest BCUT2D eigenvalue weighted by Crippen LogP contribution is 2.60. The van der Waals surface area contributed by atoms with Crippen LogP contribution in [0.4, 0.5) is 0 Å². The zero-order valence-electron chi connectivity index (χ0n) is 9.58. The van der Waals surface area contributed by atoms with E-state index in [-0.39, 0.29) is 0 Å². The predicted molar refractivity (Wildman–Crippen MR) is 64.2 cm³/mol. The van der Waals surface area contributed by atoms with Gasteiger partial charge in [-0.1, -0.05) is 12.1 Å². The minimum atomic E-state index is 0.348. The first-order valence-electron chi connectivity index (χ1n) is 6.27. The molecule has 0 spiro atoms. The van der Waals surface area contributed by atoms with Gasteiger partial charge in [-0.25, -0.2) is 0 Å². The average Bonchev–Trinajstić information content (AvgIpc) is 3.15. The number of phenolic OH excluding ortho intramolecular Hbond substituents is 1. The van der Waals surface area contributed by atoms with Crippen molar-refractivity contribution in [1.29, 1.82) is 0 Å². The second-order valence-corrected chi connectivity index (χ2v) is 5.41. The highest BCUT2D eigenvalue weighted by molar-refractivity contribution is 5.25. The highest BCUT2D eigenvalue weighted by atomic mass is 16.3. The molecule has 16 heavy (non-hydrogen) atoms. The molecule has 2 saturated carbocycles. The second-order valence-electron chi connectivity index (χ2n) is 5.41. The monoisotopic (exact) mass is 217 g/mol. The van der Waals surface area contributed by atoms with Gasteiger partial charge in [-0.05, 0) is 54.7 Å². The number of nitrogens with one attached hydrogen (secondary N) is 1. The lowest BCUT2D eigenvalue weighted by Crippen LogP contribution is -2.24. The van der Waals surface area contributed by atoms with Crippen molar-refractivity contribution in [2.24, 2.45) is 11.3 Å². The number of aromatic hydroxyl groups is 1. The summed E-state index contributed by atoms with van der Waals surface area (Å²) in [6, 6.07) is 7.48. The minimum Gasteiger partial charge on any atom is -0.508 e. The molecule has 0 amide bonds. The normalized spacial score (nSPS) is 22.0. The van der Waals surface area contributed by atoms with Crippen molar-refractivity contribution in [1.82, 2.24) is 5.32 Å². The predicted octanol–water partition coefficient (Wildman–Crippen LogP) is 2.67. The summed E-state index contributed by atoms with van der Waals surface area (Å²) in [4.78, 5) is 0.